The molecule has 1 atom stereocenters. The Labute approximate surface area is 185 Å². The number of carbonyl (C=O) groups is 2. The fourth-order valence-electron chi connectivity index (χ4n) is 4.86. The Morgan fingerprint density at radius 2 is 1.84 bits per heavy atom. The highest BCUT2D eigenvalue weighted by Gasteiger charge is 2.34. The summed E-state index contributed by atoms with van der Waals surface area (Å²) in [5.74, 6) is 0.935. The number of hydrogen-bond donors (Lipinski definition) is 1. The molecule has 3 heterocycles. The lowest BCUT2D eigenvalue weighted by Gasteiger charge is -2.39. The molecule has 0 radical (unpaired) electrons. The van der Waals surface area contributed by atoms with E-state index in [1.807, 2.05) is 34.1 Å². The number of anilines is 1. The zero-order valence-corrected chi connectivity index (χ0v) is 18.7. The molecule has 31 heavy (non-hydrogen) atoms. The molecule has 3 aliphatic rings. The van der Waals surface area contributed by atoms with Crippen LogP contribution >= 0.6 is 0 Å². The van der Waals surface area contributed by atoms with Gasteiger partial charge in [-0.25, -0.2) is 4.79 Å². The molecule has 1 N–H and O–H groups in total. The lowest BCUT2D eigenvalue weighted by atomic mass is 9.96. The van der Waals surface area contributed by atoms with Gasteiger partial charge in [0.2, 0.25) is 5.91 Å². The van der Waals surface area contributed by atoms with E-state index in [9.17, 15) is 9.59 Å². The van der Waals surface area contributed by atoms with Crippen molar-refractivity contribution in [2.24, 2.45) is 5.92 Å². The number of para-hydroxylation sites is 2. The Morgan fingerprint density at radius 3 is 2.58 bits per heavy atom. The van der Waals surface area contributed by atoms with Gasteiger partial charge in [0.05, 0.1) is 12.2 Å². The third-order valence-corrected chi connectivity index (χ3v) is 6.81. The van der Waals surface area contributed by atoms with Gasteiger partial charge in [-0.05, 0) is 70.3 Å². The van der Waals surface area contributed by atoms with Crippen molar-refractivity contribution in [3.05, 3.63) is 24.3 Å². The Balaban J connectivity index is 1.24. The average Bonchev–Trinajstić information content (AvgIpc) is 3.34. The predicted octanol–water partition coefficient (Wildman–Crippen LogP) is 3.10. The quantitative estimate of drug-likeness (QED) is 0.707. The van der Waals surface area contributed by atoms with Crippen LogP contribution in [0, 0.1) is 5.92 Å². The number of rotatable bonds is 6. The van der Waals surface area contributed by atoms with Gasteiger partial charge in [-0.15, -0.1) is 0 Å². The summed E-state index contributed by atoms with van der Waals surface area (Å²) in [5, 5.41) is 3.11. The van der Waals surface area contributed by atoms with Crippen LogP contribution in [-0.4, -0.2) is 73.7 Å². The minimum absolute atomic E-state index is 0.0104. The molecule has 170 valence electrons. The van der Waals surface area contributed by atoms with Crippen LogP contribution in [-0.2, 0) is 4.79 Å². The van der Waals surface area contributed by atoms with E-state index in [1.165, 1.54) is 25.9 Å². The van der Waals surface area contributed by atoms with Crippen molar-refractivity contribution in [2.75, 3.05) is 50.7 Å². The highest BCUT2D eigenvalue weighted by Crippen LogP contribution is 2.35. The molecule has 1 aromatic carbocycles. The Kier molecular flexibility index (Phi) is 7.33. The number of nitrogens with zero attached hydrogens (tertiary/aromatic N) is 3. The van der Waals surface area contributed by atoms with E-state index in [4.69, 9.17) is 4.74 Å². The molecule has 3 aliphatic heterocycles. The first kappa shape index (κ1) is 21.9. The first-order chi connectivity index (χ1) is 15.2. The number of fused-ring (bicyclic) bond motifs is 1. The predicted molar refractivity (Wildman–Crippen MR) is 121 cm³/mol. The second-order valence-corrected chi connectivity index (χ2v) is 8.96. The average molecular weight is 429 g/mol. The van der Waals surface area contributed by atoms with Gasteiger partial charge in [-0.3, -0.25) is 9.69 Å². The van der Waals surface area contributed by atoms with Crippen molar-refractivity contribution in [1.29, 1.82) is 0 Å². The van der Waals surface area contributed by atoms with Crippen LogP contribution in [0.1, 0.15) is 45.4 Å². The number of nitrogens with one attached hydrogen (secondary N) is 1. The summed E-state index contributed by atoms with van der Waals surface area (Å²) in [6.07, 6.45) is 5.95. The first-order valence-corrected chi connectivity index (χ1v) is 12.0. The second kappa shape index (κ2) is 10.4. The van der Waals surface area contributed by atoms with Crippen LogP contribution in [0.25, 0.3) is 0 Å². The Morgan fingerprint density at radius 1 is 1.10 bits per heavy atom. The molecule has 2 saturated heterocycles. The minimum atomic E-state index is 0.0104. The van der Waals surface area contributed by atoms with Crippen LogP contribution in [0.3, 0.4) is 0 Å². The Bertz CT molecular complexity index is 757. The van der Waals surface area contributed by atoms with Gasteiger partial charge in [0.15, 0.2) is 0 Å². The molecule has 0 aliphatic carbocycles. The van der Waals surface area contributed by atoms with E-state index in [0.29, 0.717) is 19.6 Å². The molecule has 0 saturated carbocycles. The summed E-state index contributed by atoms with van der Waals surface area (Å²) in [6, 6.07) is 7.78. The number of piperidine rings is 1. The van der Waals surface area contributed by atoms with E-state index < -0.39 is 0 Å². The second-order valence-electron chi connectivity index (χ2n) is 8.96. The lowest BCUT2D eigenvalue weighted by Crippen LogP contribution is -2.52. The smallest absolute Gasteiger partial charge is 0.324 e. The largest absolute Gasteiger partial charge is 0.486 e. The van der Waals surface area contributed by atoms with Gasteiger partial charge in [0, 0.05) is 25.6 Å². The van der Waals surface area contributed by atoms with E-state index in [-0.39, 0.29) is 24.0 Å². The summed E-state index contributed by atoms with van der Waals surface area (Å²) in [5.41, 5.74) is 0.843. The van der Waals surface area contributed by atoms with Crippen molar-refractivity contribution in [2.45, 2.75) is 51.6 Å². The van der Waals surface area contributed by atoms with Crippen molar-refractivity contribution in [3.63, 3.8) is 0 Å². The van der Waals surface area contributed by atoms with Crippen molar-refractivity contribution in [3.8, 4) is 5.75 Å². The normalized spacial score (nSPS) is 22.2. The summed E-state index contributed by atoms with van der Waals surface area (Å²) in [6.45, 7) is 8.13. The maximum atomic E-state index is 13.3. The molecular formula is C24H36N4O3. The first-order valence-electron chi connectivity index (χ1n) is 12.0. The number of urea groups is 1. The standard InChI is InChI=1S/C24H36N4O3/c1-2-20-18-28(21-8-3-4-9-22(21)31-20)24(30)27-16-10-19(11-17-27)23(29)25-12-7-15-26-13-5-6-14-26/h3-4,8-9,19-20H,2,5-7,10-18H2,1H3,(H,25,29)/t20-/m0/s1. The number of benzene rings is 1. The van der Waals surface area contributed by atoms with Crippen LogP contribution in [0.4, 0.5) is 10.5 Å². The van der Waals surface area contributed by atoms with E-state index in [2.05, 4.69) is 17.1 Å². The highest BCUT2D eigenvalue weighted by molar-refractivity contribution is 5.94. The number of hydrogen-bond acceptors (Lipinski definition) is 4. The fourth-order valence-corrected chi connectivity index (χ4v) is 4.86. The molecule has 0 aromatic heterocycles. The number of ether oxygens (including phenoxy) is 1. The highest BCUT2D eigenvalue weighted by atomic mass is 16.5. The minimum Gasteiger partial charge on any atom is -0.486 e. The molecule has 0 bridgehead atoms. The van der Waals surface area contributed by atoms with Crippen LogP contribution < -0.4 is 15.0 Å². The van der Waals surface area contributed by atoms with Gasteiger partial charge in [-0.2, -0.15) is 0 Å². The molecule has 7 heteroatoms. The number of carbonyl (C=O) groups excluding carboxylic acids is 2. The summed E-state index contributed by atoms with van der Waals surface area (Å²) >= 11 is 0. The summed E-state index contributed by atoms with van der Waals surface area (Å²) < 4.78 is 6.01. The molecular weight excluding hydrogens is 392 g/mol. The molecule has 0 spiro atoms. The third-order valence-electron chi connectivity index (χ3n) is 6.81. The number of amides is 3. The third kappa shape index (κ3) is 5.32. The maximum Gasteiger partial charge on any atom is 0.324 e. The van der Waals surface area contributed by atoms with Gasteiger partial charge >= 0.3 is 6.03 Å². The van der Waals surface area contributed by atoms with Crippen LogP contribution in [0.2, 0.25) is 0 Å². The topological polar surface area (TPSA) is 65.1 Å². The number of likely N-dealkylation sites (tertiary alicyclic amines) is 2. The van der Waals surface area contributed by atoms with Crippen LogP contribution in [0.15, 0.2) is 24.3 Å². The molecule has 3 amide bonds. The molecule has 4 rings (SSSR count). The van der Waals surface area contributed by atoms with E-state index in [0.717, 1.165) is 50.2 Å². The fraction of sp³-hybridized carbons (Fsp3) is 0.667. The van der Waals surface area contributed by atoms with Gasteiger partial charge < -0.3 is 19.9 Å². The lowest BCUT2D eigenvalue weighted by molar-refractivity contribution is -0.126. The molecule has 0 unspecified atom stereocenters. The van der Waals surface area contributed by atoms with Gasteiger partial charge in [0.1, 0.15) is 11.9 Å². The summed E-state index contributed by atoms with van der Waals surface area (Å²) in [4.78, 5) is 32.1. The summed E-state index contributed by atoms with van der Waals surface area (Å²) in [7, 11) is 0. The zero-order valence-electron chi connectivity index (χ0n) is 18.7. The molecule has 1 aromatic rings. The zero-order chi connectivity index (χ0) is 21.6. The monoisotopic (exact) mass is 428 g/mol. The van der Waals surface area contributed by atoms with Gasteiger partial charge in [0.25, 0.3) is 0 Å². The van der Waals surface area contributed by atoms with Crippen molar-refractivity contribution in [1.82, 2.24) is 15.1 Å². The Hall–Kier alpha value is -2.28. The van der Waals surface area contributed by atoms with Crippen molar-refractivity contribution < 1.29 is 14.3 Å². The van der Waals surface area contributed by atoms with Crippen molar-refractivity contribution >= 4 is 17.6 Å². The van der Waals surface area contributed by atoms with Gasteiger partial charge in [-0.1, -0.05) is 19.1 Å². The molecule has 2 fully saturated rings. The van der Waals surface area contributed by atoms with Crippen LogP contribution in [0.5, 0.6) is 5.75 Å². The SMILES string of the molecule is CC[C@H]1CN(C(=O)N2CCC(C(=O)NCCCN3CCCC3)CC2)c2ccccc2O1. The molecule has 7 nitrogen and oxygen atoms in total. The van der Waals surface area contributed by atoms with E-state index in [1.54, 1.807) is 0 Å². The maximum absolute atomic E-state index is 13.3. The van der Waals surface area contributed by atoms with E-state index >= 15 is 0 Å².